The molecule has 46 heavy (non-hydrogen) atoms. The predicted octanol–water partition coefficient (Wildman–Crippen LogP) is 2.96. The van der Waals surface area contributed by atoms with Crippen molar-refractivity contribution in [2.75, 3.05) is 30.4 Å². The van der Waals surface area contributed by atoms with Gasteiger partial charge in [-0.1, -0.05) is 23.4 Å². The highest BCUT2D eigenvalue weighted by molar-refractivity contribution is 6.33. The van der Waals surface area contributed by atoms with E-state index in [0.717, 1.165) is 5.69 Å². The number of piperidine rings is 1. The molecule has 234 valence electrons. The van der Waals surface area contributed by atoms with Crippen molar-refractivity contribution in [2.24, 2.45) is 5.92 Å². The van der Waals surface area contributed by atoms with Gasteiger partial charge in [0.15, 0.2) is 6.29 Å². The van der Waals surface area contributed by atoms with Gasteiger partial charge in [0.1, 0.15) is 11.6 Å². The first-order valence-electron chi connectivity index (χ1n) is 14.4. The molecule has 2 saturated heterocycles. The van der Waals surface area contributed by atoms with Crippen LogP contribution < -0.4 is 15.5 Å². The molecule has 2 aliphatic heterocycles. The van der Waals surface area contributed by atoms with E-state index < -0.39 is 23.4 Å². The Morgan fingerprint density at radius 1 is 1.17 bits per heavy atom. The molecule has 5 rings (SSSR count). The topological polar surface area (TPSA) is 157 Å². The molecule has 1 unspecified atom stereocenters. The number of aldehydes is 1. The van der Waals surface area contributed by atoms with E-state index >= 15 is 0 Å². The SMILES string of the molecule is CN(C(=O)c1cc(N2CC(C#Cc3cnn(C(C)(C)C(=O)Nc4ccc(C#N)cc4Cl)c3)C2)ccc1C=O)C1CCC(=O)NC1=O. The Kier molecular flexibility index (Phi) is 8.94. The highest BCUT2D eigenvalue weighted by Crippen LogP contribution is 2.28. The van der Waals surface area contributed by atoms with Crippen LogP contribution in [0.2, 0.25) is 5.02 Å². The molecule has 2 fully saturated rings. The zero-order chi connectivity index (χ0) is 33.2. The van der Waals surface area contributed by atoms with Crippen LogP contribution in [0, 0.1) is 29.1 Å². The number of anilines is 2. The molecule has 2 N–H and O–H groups in total. The van der Waals surface area contributed by atoms with Gasteiger partial charge in [-0.15, -0.1) is 0 Å². The van der Waals surface area contributed by atoms with E-state index in [1.807, 2.05) is 11.0 Å². The highest BCUT2D eigenvalue weighted by Gasteiger charge is 2.34. The molecule has 0 saturated carbocycles. The Morgan fingerprint density at radius 2 is 1.93 bits per heavy atom. The molecule has 2 aliphatic rings. The van der Waals surface area contributed by atoms with Crippen LogP contribution in [0.4, 0.5) is 11.4 Å². The lowest BCUT2D eigenvalue weighted by Crippen LogP contribution is -2.53. The molecule has 1 aromatic heterocycles. The smallest absolute Gasteiger partial charge is 0.255 e. The van der Waals surface area contributed by atoms with Crippen LogP contribution in [-0.2, 0) is 19.9 Å². The van der Waals surface area contributed by atoms with Gasteiger partial charge in [0.25, 0.3) is 11.8 Å². The summed E-state index contributed by atoms with van der Waals surface area (Å²) >= 11 is 6.21. The molecule has 3 heterocycles. The van der Waals surface area contributed by atoms with Gasteiger partial charge in [-0.25, -0.2) is 0 Å². The summed E-state index contributed by atoms with van der Waals surface area (Å²) < 4.78 is 1.52. The number of carbonyl (C=O) groups is 5. The number of hydrogen-bond acceptors (Lipinski definition) is 8. The number of likely N-dealkylation sites (N-methyl/N-ethyl adjacent to an activating group) is 1. The second-order valence-corrected chi connectivity index (χ2v) is 12.0. The number of hydrogen-bond donors (Lipinski definition) is 2. The standard InChI is InChI=1S/C33H30ClN7O5/c1-33(2,32(46)37-27-9-6-20(14-35)12-26(27)34)41-18-21(15-36-41)4-5-22-16-40(17-22)24-8-7-23(19-42)25(13-24)31(45)39(3)28-10-11-29(43)38-30(28)44/h6-9,12-13,15,18-19,22,28H,10-11,16-17H2,1-3H3,(H,37,46)(H,38,43,44). The average molecular weight is 640 g/mol. The van der Waals surface area contributed by atoms with Gasteiger partial charge in [0.05, 0.1) is 45.6 Å². The van der Waals surface area contributed by atoms with Crippen LogP contribution in [-0.4, -0.2) is 70.8 Å². The number of nitrogens with one attached hydrogen (secondary N) is 2. The lowest BCUT2D eigenvalue weighted by atomic mass is 9.97. The molecule has 2 aromatic carbocycles. The first-order valence-corrected chi connectivity index (χ1v) is 14.8. The fraction of sp³-hybridized carbons (Fsp3) is 0.303. The van der Waals surface area contributed by atoms with Gasteiger partial charge in [-0.3, -0.25) is 34.0 Å². The maximum atomic E-state index is 13.3. The fourth-order valence-electron chi connectivity index (χ4n) is 5.14. The maximum Gasteiger partial charge on any atom is 0.255 e. The van der Waals surface area contributed by atoms with E-state index in [-0.39, 0.29) is 46.7 Å². The monoisotopic (exact) mass is 639 g/mol. The zero-order valence-electron chi connectivity index (χ0n) is 25.3. The first-order chi connectivity index (χ1) is 21.9. The summed E-state index contributed by atoms with van der Waals surface area (Å²) in [6.45, 7) is 4.62. The summed E-state index contributed by atoms with van der Waals surface area (Å²) in [5.41, 5.74) is 1.46. The third kappa shape index (κ3) is 6.48. The van der Waals surface area contributed by atoms with Gasteiger partial charge in [0.2, 0.25) is 11.8 Å². The molecular formula is C33H30ClN7O5. The Bertz CT molecular complexity index is 1860. The predicted molar refractivity (Wildman–Crippen MR) is 169 cm³/mol. The number of aromatic nitrogens is 2. The second kappa shape index (κ2) is 12.9. The number of rotatable bonds is 7. The van der Waals surface area contributed by atoms with Crippen LogP contribution >= 0.6 is 11.6 Å². The van der Waals surface area contributed by atoms with Crippen molar-refractivity contribution in [2.45, 2.75) is 38.3 Å². The molecule has 0 radical (unpaired) electrons. The number of benzene rings is 2. The first kappa shape index (κ1) is 31.9. The Morgan fingerprint density at radius 3 is 2.61 bits per heavy atom. The van der Waals surface area contributed by atoms with Crippen molar-refractivity contribution in [1.82, 2.24) is 20.0 Å². The van der Waals surface area contributed by atoms with Crippen LogP contribution in [0.5, 0.6) is 0 Å². The summed E-state index contributed by atoms with van der Waals surface area (Å²) in [6.07, 6.45) is 4.23. The third-order valence-corrected chi connectivity index (χ3v) is 8.43. The Hall–Kier alpha value is -5.46. The van der Waals surface area contributed by atoms with Gasteiger partial charge < -0.3 is 15.1 Å². The fourth-order valence-corrected chi connectivity index (χ4v) is 5.36. The molecule has 4 amide bonds. The number of nitrogens with zero attached hydrogens (tertiary/aromatic N) is 5. The molecular weight excluding hydrogens is 610 g/mol. The molecule has 0 bridgehead atoms. The average Bonchev–Trinajstić information content (AvgIpc) is 3.50. The van der Waals surface area contributed by atoms with E-state index in [0.29, 0.717) is 36.2 Å². The van der Waals surface area contributed by atoms with Crippen LogP contribution in [0.1, 0.15) is 58.5 Å². The quantitative estimate of drug-likeness (QED) is 0.227. The minimum atomic E-state index is -1.07. The molecule has 0 aliphatic carbocycles. The Labute approximate surface area is 270 Å². The Balaban J connectivity index is 1.21. The summed E-state index contributed by atoms with van der Waals surface area (Å²) in [6, 6.07) is 10.8. The zero-order valence-corrected chi connectivity index (χ0v) is 26.1. The molecule has 13 heteroatoms. The maximum absolute atomic E-state index is 13.3. The van der Waals surface area contributed by atoms with Gasteiger partial charge in [0, 0.05) is 44.0 Å². The van der Waals surface area contributed by atoms with Crippen molar-refractivity contribution in [3.63, 3.8) is 0 Å². The van der Waals surface area contributed by atoms with E-state index in [2.05, 4.69) is 27.6 Å². The summed E-state index contributed by atoms with van der Waals surface area (Å²) in [5, 5.41) is 18.7. The number of carbonyl (C=O) groups excluding carboxylic acids is 5. The molecule has 12 nitrogen and oxygen atoms in total. The van der Waals surface area contributed by atoms with Crippen LogP contribution in [0.25, 0.3) is 0 Å². The number of imide groups is 1. The number of halogens is 1. The van der Waals surface area contributed by atoms with E-state index in [4.69, 9.17) is 16.9 Å². The lowest BCUT2D eigenvalue weighted by molar-refractivity contribution is -0.136. The second-order valence-electron chi connectivity index (χ2n) is 11.6. The minimum Gasteiger partial charge on any atom is -0.369 e. The highest BCUT2D eigenvalue weighted by atomic mass is 35.5. The van der Waals surface area contributed by atoms with Gasteiger partial charge in [-0.05, 0) is 56.7 Å². The third-order valence-electron chi connectivity index (χ3n) is 8.12. The van der Waals surface area contributed by atoms with Gasteiger partial charge >= 0.3 is 0 Å². The van der Waals surface area contributed by atoms with E-state index in [1.165, 1.54) is 22.7 Å². The van der Waals surface area contributed by atoms with Crippen LogP contribution in [0.3, 0.4) is 0 Å². The van der Waals surface area contributed by atoms with E-state index in [9.17, 15) is 24.0 Å². The minimum absolute atomic E-state index is 0.0363. The summed E-state index contributed by atoms with van der Waals surface area (Å²) in [5.74, 6) is 4.63. The lowest BCUT2D eigenvalue weighted by Gasteiger charge is -2.38. The number of nitriles is 1. The summed E-state index contributed by atoms with van der Waals surface area (Å²) in [7, 11) is 1.49. The van der Waals surface area contributed by atoms with E-state index in [1.54, 1.807) is 56.6 Å². The van der Waals surface area contributed by atoms with Crippen molar-refractivity contribution < 1.29 is 24.0 Å². The molecule has 0 spiro atoms. The normalized spacial score (nSPS) is 16.3. The van der Waals surface area contributed by atoms with Crippen molar-refractivity contribution >= 4 is 52.9 Å². The van der Waals surface area contributed by atoms with Crippen molar-refractivity contribution in [3.8, 4) is 17.9 Å². The van der Waals surface area contributed by atoms with Crippen molar-refractivity contribution in [3.05, 3.63) is 76.1 Å². The molecule has 3 aromatic rings. The summed E-state index contributed by atoms with van der Waals surface area (Å²) in [4.78, 5) is 65.2. The largest absolute Gasteiger partial charge is 0.369 e. The number of amides is 4. The van der Waals surface area contributed by atoms with Crippen molar-refractivity contribution in [1.29, 1.82) is 5.26 Å². The van der Waals surface area contributed by atoms with Crippen LogP contribution in [0.15, 0.2) is 48.8 Å². The van der Waals surface area contributed by atoms with Gasteiger partial charge in [-0.2, -0.15) is 10.4 Å². The molecule has 1 atom stereocenters.